The number of carbonyl (C=O) groups excluding carboxylic acids is 2. The monoisotopic (exact) mass is 547 g/mol. The minimum atomic E-state index is -4.44. The Balaban J connectivity index is 1.05. The molecule has 0 aromatic carbocycles. The van der Waals surface area contributed by atoms with E-state index in [4.69, 9.17) is 10.00 Å². The third-order valence-corrected chi connectivity index (χ3v) is 8.99. The van der Waals surface area contributed by atoms with Crippen molar-refractivity contribution in [1.82, 2.24) is 19.7 Å². The number of aromatic nitrogens is 1. The van der Waals surface area contributed by atoms with Gasteiger partial charge in [-0.05, 0) is 56.1 Å². The Bertz CT molecular complexity index is 1070. The second kappa shape index (κ2) is 11.3. The van der Waals surface area contributed by atoms with Crippen LogP contribution < -0.4 is 0 Å². The molecule has 0 radical (unpaired) electrons. The molecule has 8 nitrogen and oxygen atoms in total. The first-order valence-electron chi connectivity index (χ1n) is 14.0. The van der Waals surface area contributed by atoms with Gasteiger partial charge in [0.05, 0.1) is 12.6 Å². The summed E-state index contributed by atoms with van der Waals surface area (Å²) in [7, 11) is 0. The molecule has 11 heteroatoms. The molecule has 39 heavy (non-hydrogen) atoms. The quantitative estimate of drug-likeness (QED) is 0.541. The van der Waals surface area contributed by atoms with E-state index in [1.54, 1.807) is 0 Å². The molecule has 1 aromatic rings. The van der Waals surface area contributed by atoms with E-state index in [-0.39, 0.29) is 23.8 Å². The highest BCUT2D eigenvalue weighted by Gasteiger charge is 2.47. The summed E-state index contributed by atoms with van der Waals surface area (Å²) in [6.45, 7) is 4.47. The molecule has 5 rings (SSSR count). The van der Waals surface area contributed by atoms with Gasteiger partial charge in [0.15, 0.2) is 0 Å². The average Bonchev–Trinajstić information content (AvgIpc) is 3.24. The predicted octanol–water partition coefficient (Wildman–Crippen LogP) is 4.46. The van der Waals surface area contributed by atoms with Crippen LogP contribution in [0.2, 0.25) is 0 Å². The number of alkyl halides is 3. The predicted molar refractivity (Wildman–Crippen MR) is 135 cm³/mol. The van der Waals surface area contributed by atoms with Crippen molar-refractivity contribution in [3.63, 3.8) is 0 Å². The summed E-state index contributed by atoms with van der Waals surface area (Å²) in [6.07, 6.45) is 2.97. The van der Waals surface area contributed by atoms with Gasteiger partial charge in [0.1, 0.15) is 11.3 Å². The zero-order chi connectivity index (χ0) is 27.6. The number of ether oxygens (including phenoxy) is 1. The van der Waals surface area contributed by atoms with E-state index in [0.29, 0.717) is 64.6 Å². The van der Waals surface area contributed by atoms with Crippen LogP contribution in [0.15, 0.2) is 18.3 Å². The molecular formula is C28H36F3N5O3. The summed E-state index contributed by atoms with van der Waals surface area (Å²) in [5.41, 5.74) is -0.669. The molecule has 0 N–H and O–H groups in total. The number of nitriles is 1. The zero-order valence-electron chi connectivity index (χ0n) is 22.2. The lowest BCUT2D eigenvalue weighted by Gasteiger charge is -2.37. The van der Waals surface area contributed by atoms with Crippen molar-refractivity contribution in [3.05, 3.63) is 29.6 Å². The largest absolute Gasteiger partial charge is 0.441 e. The van der Waals surface area contributed by atoms with E-state index >= 15 is 0 Å². The van der Waals surface area contributed by atoms with E-state index in [0.717, 1.165) is 50.2 Å². The number of likely N-dealkylation sites (tertiary alicyclic amines) is 2. The number of nitrogens with zero attached hydrogens (tertiary/aromatic N) is 5. The Labute approximate surface area is 227 Å². The van der Waals surface area contributed by atoms with Gasteiger partial charge in [-0.3, -0.25) is 14.7 Å². The zero-order valence-corrected chi connectivity index (χ0v) is 22.2. The summed E-state index contributed by atoms with van der Waals surface area (Å²) in [5, 5.41) is 9.08. The summed E-state index contributed by atoms with van der Waals surface area (Å²) in [5.74, 6) is 0.689. The summed E-state index contributed by atoms with van der Waals surface area (Å²) >= 11 is 0. The SMILES string of the molecule is N#CC1CCN(C(=O)C2CCC(CN3CC4(CCN(Cc5ccc(C(F)(F)F)nc5)CC4)OC3=O)CC2)CC1. The molecule has 1 saturated carbocycles. The van der Waals surface area contributed by atoms with Crippen molar-refractivity contribution in [2.45, 2.75) is 69.7 Å². The van der Waals surface area contributed by atoms with E-state index in [1.807, 2.05) is 9.80 Å². The maximum atomic E-state index is 13.0. The Morgan fingerprint density at radius 1 is 1.08 bits per heavy atom. The smallest absolute Gasteiger partial charge is 0.433 e. The molecule has 4 fully saturated rings. The molecule has 1 aliphatic carbocycles. The number of halogens is 3. The van der Waals surface area contributed by atoms with E-state index in [2.05, 4.69) is 16.0 Å². The minimum Gasteiger partial charge on any atom is -0.441 e. The second-order valence-electron chi connectivity index (χ2n) is 11.7. The second-order valence-corrected chi connectivity index (χ2v) is 11.7. The lowest BCUT2D eigenvalue weighted by molar-refractivity contribution is -0.141. The fourth-order valence-corrected chi connectivity index (χ4v) is 6.55. The van der Waals surface area contributed by atoms with Gasteiger partial charge in [0.2, 0.25) is 5.91 Å². The molecule has 4 heterocycles. The van der Waals surface area contributed by atoms with Crippen LogP contribution in [0.25, 0.3) is 0 Å². The molecule has 1 aromatic heterocycles. The highest BCUT2D eigenvalue weighted by molar-refractivity contribution is 5.79. The van der Waals surface area contributed by atoms with Gasteiger partial charge in [-0.1, -0.05) is 6.07 Å². The molecular weight excluding hydrogens is 511 g/mol. The van der Waals surface area contributed by atoms with Crippen molar-refractivity contribution < 1.29 is 27.5 Å². The number of hydrogen-bond acceptors (Lipinski definition) is 6. The molecule has 3 aliphatic heterocycles. The average molecular weight is 548 g/mol. The third-order valence-electron chi connectivity index (χ3n) is 8.99. The minimum absolute atomic E-state index is 0.0425. The van der Waals surface area contributed by atoms with Crippen molar-refractivity contribution in [1.29, 1.82) is 5.26 Å². The summed E-state index contributed by atoms with van der Waals surface area (Å²) in [6, 6.07) is 4.79. The van der Waals surface area contributed by atoms with Crippen LogP contribution in [-0.4, -0.2) is 76.6 Å². The van der Waals surface area contributed by atoms with Gasteiger partial charge in [0.25, 0.3) is 0 Å². The molecule has 0 unspecified atom stereocenters. The first kappa shape index (κ1) is 27.7. The van der Waals surface area contributed by atoms with Crippen LogP contribution in [0.1, 0.15) is 62.6 Å². The van der Waals surface area contributed by atoms with Crippen molar-refractivity contribution in [2.75, 3.05) is 39.3 Å². The molecule has 2 amide bonds. The number of hydrogen-bond donors (Lipinski definition) is 0. The molecule has 212 valence electrons. The summed E-state index contributed by atoms with van der Waals surface area (Å²) in [4.78, 5) is 35.2. The normalized spacial score (nSPS) is 26.5. The van der Waals surface area contributed by atoms with Gasteiger partial charge in [-0.25, -0.2) is 4.79 Å². The van der Waals surface area contributed by atoms with Crippen LogP contribution in [-0.2, 0) is 22.3 Å². The van der Waals surface area contributed by atoms with Crippen molar-refractivity contribution >= 4 is 12.0 Å². The van der Waals surface area contributed by atoms with Gasteiger partial charge in [-0.2, -0.15) is 18.4 Å². The Kier molecular flexibility index (Phi) is 8.04. The fourth-order valence-electron chi connectivity index (χ4n) is 6.55. The molecule has 1 spiro atoms. The van der Waals surface area contributed by atoms with Crippen LogP contribution in [0.5, 0.6) is 0 Å². The standard InChI is InChI=1S/C28H36F3N5O3/c29-28(30,31)24-6-3-22(16-33-24)17-34-13-9-27(10-14-34)19-36(26(38)39-27)18-21-1-4-23(5-2-21)25(37)35-11-7-20(15-32)8-12-35/h3,6,16,20-21,23H,1-2,4-5,7-14,17-19H2. The maximum absolute atomic E-state index is 13.0. The number of piperidine rings is 2. The highest BCUT2D eigenvalue weighted by Crippen LogP contribution is 2.37. The lowest BCUT2D eigenvalue weighted by atomic mass is 9.80. The number of carbonyl (C=O) groups is 2. The lowest BCUT2D eigenvalue weighted by Crippen LogP contribution is -2.47. The molecule has 4 aliphatic rings. The fraction of sp³-hybridized carbons (Fsp3) is 0.714. The van der Waals surface area contributed by atoms with E-state index in [9.17, 15) is 22.8 Å². The molecule has 0 bridgehead atoms. The number of rotatable bonds is 5. The first-order chi connectivity index (χ1) is 18.6. The van der Waals surface area contributed by atoms with Crippen LogP contribution in [0, 0.1) is 29.1 Å². The van der Waals surface area contributed by atoms with Crippen LogP contribution >= 0.6 is 0 Å². The van der Waals surface area contributed by atoms with Gasteiger partial charge < -0.3 is 14.5 Å². The Hall–Kier alpha value is -2.87. The number of amides is 2. The van der Waals surface area contributed by atoms with Gasteiger partial charge in [-0.15, -0.1) is 0 Å². The van der Waals surface area contributed by atoms with Gasteiger partial charge >= 0.3 is 12.3 Å². The first-order valence-corrected chi connectivity index (χ1v) is 14.0. The van der Waals surface area contributed by atoms with Crippen LogP contribution in [0.4, 0.5) is 18.0 Å². The van der Waals surface area contributed by atoms with E-state index in [1.165, 1.54) is 12.3 Å². The van der Waals surface area contributed by atoms with Crippen molar-refractivity contribution in [3.8, 4) is 6.07 Å². The summed E-state index contributed by atoms with van der Waals surface area (Å²) < 4.78 is 44.2. The third kappa shape index (κ3) is 6.48. The topological polar surface area (TPSA) is 89.8 Å². The van der Waals surface area contributed by atoms with Crippen molar-refractivity contribution in [2.24, 2.45) is 17.8 Å². The Morgan fingerprint density at radius 2 is 1.77 bits per heavy atom. The number of pyridine rings is 1. The van der Waals surface area contributed by atoms with Crippen LogP contribution in [0.3, 0.4) is 0 Å². The maximum Gasteiger partial charge on any atom is 0.433 e. The Morgan fingerprint density at radius 3 is 2.36 bits per heavy atom. The molecule has 3 saturated heterocycles. The van der Waals surface area contributed by atoms with E-state index < -0.39 is 17.5 Å². The van der Waals surface area contributed by atoms with Gasteiger partial charge in [0, 0.05) is 70.1 Å². The molecule has 0 atom stereocenters. The highest BCUT2D eigenvalue weighted by atomic mass is 19.4.